The van der Waals surface area contributed by atoms with E-state index in [0.29, 0.717) is 24.5 Å². The second-order valence-electron chi connectivity index (χ2n) is 6.73. The zero-order valence-corrected chi connectivity index (χ0v) is 15.1. The lowest BCUT2D eigenvalue weighted by atomic mass is 10.0. The van der Waals surface area contributed by atoms with E-state index in [-0.39, 0.29) is 12.3 Å². The van der Waals surface area contributed by atoms with Crippen molar-refractivity contribution in [2.75, 3.05) is 0 Å². The number of ether oxygens (including phenoxy) is 2. The Morgan fingerprint density at radius 3 is 3.00 bits per heavy atom. The average molecular weight is 351 g/mol. The molecule has 1 aromatic carbocycles. The second-order valence-corrected chi connectivity index (χ2v) is 6.73. The van der Waals surface area contributed by atoms with Gasteiger partial charge in [-0.1, -0.05) is 12.1 Å². The molecule has 0 spiro atoms. The number of fused-ring (bicyclic) bond motifs is 1. The van der Waals surface area contributed by atoms with E-state index in [1.807, 2.05) is 26.8 Å². The van der Waals surface area contributed by atoms with Crippen LogP contribution in [0.1, 0.15) is 41.8 Å². The largest absolute Gasteiger partial charge is 0.461 e. The van der Waals surface area contributed by atoms with Crippen LogP contribution in [0, 0.1) is 18.3 Å². The summed E-state index contributed by atoms with van der Waals surface area (Å²) in [5, 5.41) is 11.8. The Bertz CT molecular complexity index is 884. The minimum Gasteiger partial charge on any atom is -0.461 e. The predicted octanol–water partition coefficient (Wildman–Crippen LogP) is 2.77. The Kier molecular flexibility index (Phi) is 4.92. The first-order valence-corrected chi connectivity index (χ1v) is 8.44. The van der Waals surface area contributed by atoms with Crippen LogP contribution in [-0.4, -0.2) is 16.7 Å². The van der Waals surface area contributed by atoms with Crippen LogP contribution in [0.15, 0.2) is 30.5 Å². The van der Waals surface area contributed by atoms with E-state index in [1.165, 1.54) is 0 Å². The number of rotatable bonds is 4. The van der Waals surface area contributed by atoms with Crippen molar-refractivity contribution >= 4 is 5.91 Å². The molecule has 0 saturated carbocycles. The highest BCUT2D eigenvalue weighted by Gasteiger charge is 2.30. The van der Waals surface area contributed by atoms with E-state index in [4.69, 9.17) is 14.7 Å². The van der Waals surface area contributed by atoms with Gasteiger partial charge >= 0.3 is 0 Å². The van der Waals surface area contributed by atoms with E-state index < -0.39 is 5.79 Å². The maximum Gasteiger partial charge on any atom is 0.224 e. The summed E-state index contributed by atoms with van der Waals surface area (Å²) in [5.41, 5.74) is 3.91. The van der Waals surface area contributed by atoms with Gasteiger partial charge in [0.1, 0.15) is 5.75 Å². The average Bonchev–Trinajstić information content (AvgIpc) is 2.62. The highest BCUT2D eigenvalue weighted by Crippen LogP contribution is 2.35. The van der Waals surface area contributed by atoms with Gasteiger partial charge in [-0.05, 0) is 30.2 Å². The van der Waals surface area contributed by atoms with Crippen molar-refractivity contribution in [3.8, 4) is 11.8 Å². The van der Waals surface area contributed by atoms with Crippen molar-refractivity contribution in [2.45, 2.75) is 46.1 Å². The number of carbonyl (C=O) groups excluding carboxylic acids is 1. The third-order valence-corrected chi connectivity index (χ3v) is 4.21. The summed E-state index contributed by atoms with van der Waals surface area (Å²) in [6, 6.07) is 9.27. The third-order valence-electron chi connectivity index (χ3n) is 4.21. The first-order chi connectivity index (χ1) is 12.4. The number of nitriles is 1. The normalized spacial score (nSPS) is 14.7. The molecule has 134 valence electrons. The van der Waals surface area contributed by atoms with Crippen LogP contribution in [0.5, 0.6) is 5.75 Å². The number of nitrogens with one attached hydrogen (secondary N) is 1. The lowest BCUT2D eigenvalue weighted by molar-refractivity contribution is -0.180. The first kappa shape index (κ1) is 17.9. The van der Waals surface area contributed by atoms with Gasteiger partial charge in [0.25, 0.3) is 0 Å². The summed E-state index contributed by atoms with van der Waals surface area (Å²) >= 11 is 0. The van der Waals surface area contributed by atoms with Gasteiger partial charge in [-0.15, -0.1) is 0 Å². The lowest BCUT2D eigenvalue weighted by Crippen LogP contribution is -2.36. The molecular weight excluding hydrogens is 330 g/mol. The fourth-order valence-electron chi connectivity index (χ4n) is 2.83. The minimum atomic E-state index is -0.702. The van der Waals surface area contributed by atoms with Crippen LogP contribution in [0.4, 0.5) is 0 Å². The first-order valence-electron chi connectivity index (χ1n) is 8.44. The van der Waals surface area contributed by atoms with Crippen molar-refractivity contribution in [1.82, 2.24) is 10.3 Å². The third kappa shape index (κ3) is 4.01. The number of benzene rings is 1. The van der Waals surface area contributed by atoms with Crippen molar-refractivity contribution < 1.29 is 14.3 Å². The number of carbonyl (C=O) groups is 1. The van der Waals surface area contributed by atoms with Crippen molar-refractivity contribution in [1.29, 1.82) is 5.26 Å². The van der Waals surface area contributed by atoms with Crippen LogP contribution in [0.25, 0.3) is 0 Å². The van der Waals surface area contributed by atoms with E-state index in [0.717, 1.165) is 22.4 Å². The maximum absolute atomic E-state index is 12.4. The monoisotopic (exact) mass is 351 g/mol. The van der Waals surface area contributed by atoms with Gasteiger partial charge in [-0.2, -0.15) is 5.26 Å². The van der Waals surface area contributed by atoms with E-state index in [2.05, 4.69) is 16.4 Å². The minimum absolute atomic E-state index is 0.120. The lowest BCUT2D eigenvalue weighted by Gasteiger charge is -2.34. The molecule has 0 fully saturated rings. The molecular formula is C20H21N3O3. The second kappa shape index (κ2) is 7.14. The number of aromatic nitrogens is 1. The smallest absolute Gasteiger partial charge is 0.224 e. The zero-order chi connectivity index (χ0) is 18.7. The molecule has 6 nitrogen and oxygen atoms in total. The summed E-state index contributed by atoms with van der Waals surface area (Å²) in [6.07, 6.45) is 1.90. The number of pyridine rings is 1. The van der Waals surface area contributed by atoms with E-state index in [9.17, 15) is 4.79 Å². The molecule has 2 heterocycles. The van der Waals surface area contributed by atoms with Gasteiger partial charge < -0.3 is 14.8 Å². The molecule has 0 bridgehead atoms. The Hall–Kier alpha value is -2.91. The molecule has 26 heavy (non-hydrogen) atoms. The zero-order valence-electron chi connectivity index (χ0n) is 15.1. The predicted molar refractivity (Wildman–Crippen MR) is 95.2 cm³/mol. The van der Waals surface area contributed by atoms with Gasteiger partial charge in [-0.3, -0.25) is 9.78 Å². The van der Waals surface area contributed by atoms with Crippen molar-refractivity contribution in [3.05, 3.63) is 58.4 Å². The molecule has 2 aromatic rings. The molecule has 1 amide bonds. The van der Waals surface area contributed by atoms with Crippen molar-refractivity contribution in [2.24, 2.45) is 0 Å². The Morgan fingerprint density at radius 1 is 1.42 bits per heavy atom. The number of hydrogen-bond donors (Lipinski definition) is 1. The number of nitrogens with zero attached hydrogens (tertiary/aromatic N) is 2. The molecule has 0 radical (unpaired) electrons. The number of hydrogen-bond acceptors (Lipinski definition) is 5. The summed E-state index contributed by atoms with van der Waals surface area (Å²) in [4.78, 5) is 16.7. The summed E-state index contributed by atoms with van der Waals surface area (Å²) in [7, 11) is 0. The molecule has 0 aliphatic carbocycles. The van der Waals surface area contributed by atoms with Gasteiger partial charge in [0, 0.05) is 32.2 Å². The molecule has 0 saturated heterocycles. The number of amides is 1. The Labute approximate surface area is 152 Å². The molecule has 0 unspecified atom stereocenters. The topological polar surface area (TPSA) is 84.2 Å². The molecule has 6 heteroatoms. The molecule has 1 aromatic heterocycles. The van der Waals surface area contributed by atoms with E-state index >= 15 is 0 Å². The van der Waals surface area contributed by atoms with Gasteiger partial charge in [-0.25, -0.2) is 0 Å². The van der Waals surface area contributed by atoms with E-state index in [1.54, 1.807) is 24.4 Å². The molecule has 1 aliphatic heterocycles. The van der Waals surface area contributed by atoms with Crippen molar-refractivity contribution in [3.63, 3.8) is 0 Å². The Morgan fingerprint density at radius 2 is 2.23 bits per heavy atom. The fraction of sp³-hybridized carbons (Fsp3) is 0.350. The SMILES string of the molecule is Cc1ncc(CC(=O)NCc2cccc(C#N)c2)c2c1OC(C)(C)OC2. The van der Waals surface area contributed by atoms with Crippen LogP contribution < -0.4 is 10.1 Å². The molecule has 0 atom stereocenters. The quantitative estimate of drug-likeness (QED) is 0.916. The molecule has 1 aliphatic rings. The van der Waals surface area contributed by atoms with Crippen LogP contribution in [0.3, 0.4) is 0 Å². The molecule has 1 N–H and O–H groups in total. The standard InChI is InChI=1S/C20H21N3O3/c1-13-19-17(12-25-20(2,3)26-19)16(11-22-13)8-18(24)23-10-15-6-4-5-14(7-15)9-21/h4-7,11H,8,10,12H2,1-3H3,(H,23,24). The summed E-state index contributed by atoms with van der Waals surface area (Å²) < 4.78 is 11.6. The highest BCUT2D eigenvalue weighted by molar-refractivity contribution is 5.79. The highest BCUT2D eigenvalue weighted by atomic mass is 16.7. The van der Waals surface area contributed by atoms with Crippen LogP contribution in [-0.2, 0) is 29.1 Å². The summed E-state index contributed by atoms with van der Waals surface area (Å²) in [5.74, 6) is -0.121. The van der Waals surface area contributed by atoms with Gasteiger partial charge in [0.15, 0.2) is 0 Å². The fourth-order valence-corrected chi connectivity index (χ4v) is 2.83. The Balaban J connectivity index is 1.69. The van der Waals surface area contributed by atoms with Crippen LogP contribution in [0.2, 0.25) is 0 Å². The number of aryl methyl sites for hydroxylation is 1. The maximum atomic E-state index is 12.4. The summed E-state index contributed by atoms with van der Waals surface area (Å²) in [6.45, 7) is 6.34. The van der Waals surface area contributed by atoms with Gasteiger partial charge in [0.05, 0.1) is 30.4 Å². The molecule has 3 rings (SSSR count). The van der Waals surface area contributed by atoms with Gasteiger partial charge in [0.2, 0.25) is 11.7 Å². The van der Waals surface area contributed by atoms with Crippen LogP contribution >= 0.6 is 0 Å².